The zero-order valence-corrected chi connectivity index (χ0v) is 17.6. The lowest BCUT2D eigenvalue weighted by Crippen LogP contribution is -2.47. The van der Waals surface area contributed by atoms with Crippen LogP contribution in [-0.4, -0.2) is 61.0 Å². The molecular formula is C23H29N5O2. The lowest BCUT2D eigenvalue weighted by Gasteiger charge is -2.36. The van der Waals surface area contributed by atoms with Gasteiger partial charge in [-0.05, 0) is 30.7 Å². The molecule has 1 aromatic heterocycles. The summed E-state index contributed by atoms with van der Waals surface area (Å²) in [5, 5.41) is 14.0. The summed E-state index contributed by atoms with van der Waals surface area (Å²) in [5.74, 6) is 2.40. The predicted molar refractivity (Wildman–Crippen MR) is 122 cm³/mol. The number of nitrogens with zero attached hydrogens (tertiary/aromatic N) is 4. The summed E-state index contributed by atoms with van der Waals surface area (Å²) in [6.07, 6.45) is 0.821. The van der Waals surface area contributed by atoms with Gasteiger partial charge in [0.15, 0.2) is 0 Å². The van der Waals surface area contributed by atoms with Crippen LogP contribution in [0.3, 0.4) is 0 Å². The second-order valence-electron chi connectivity index (χ2n) is 7.47. The molecule has 7 heteroatoms. The zero-order chi connectivity index (χ0) is 20.9. The number of ether oxygens (including phenoxy) is 1. The van der Waals surface area contributed by atoms with Crippen LogP contribution >= 0.6 is 0 Å². The van der Waals surface area contributed by atoms with Gasteiger partial charge in [-0.2, -0.15) is 4.98 Å². The van der Waals surface area contributed by atoms with Crippen LogP contribution in [0, 0.1) is 0 Å². The number of aromatic nitrogens is 2. The number of aliphatic hydroxyl groups excluding tert-OH is 1. The van der Waals surface area contributed by atoms with E-state index in [1.54, 1.807) is 7.11 Å². The molecule has 2 heterocycles. The van der Waals surface area contributed by atoms with Crippen LogP contribution in [0.4, 0.5) is 17.5 Å². The Labute approximate surface area is 177 Å². The highest BCUT2D eigenvalue weighted by molar-refractivity contribution is 5.90. The van der Waals surface area contributed by atoms with Crippen LogP contribution < -0.4 is 19.9 Å². The number of hydrogen-bond acceptors (Lipinski definition) is 7. The van der Waals surface area contributed by atoms with Gasteiger partial charge in [-0.3, -0.25) is 0 Å². The van der Waals surface area contributed by atoms with Crippen molar-refractivity contribution in [3.8, 4) is 5.75 Å². The Kier molecular flexibility index (Phi) is 6.18. The summed E-state index contributed by atoms with van der Waals surface area (Å²) < 4.78 is 5.52. The highest BCUT2D eigenvalue weighted by Crippen LogP contribution is 2.30. The Balaban J connectivity index is 1.57. The van der Waals surface area contributed by atoms with E-state index in [2.05, 4.69) is 28.1 Å². The van der Waals surface area contributed by atoms with Crippen LogP contribution in [0.25, 0.3) is 10.9 Å². The van der Waals surface area contributed by atoms with Crippen LogP contribution in [-0.2, 0) is 0 Å². The number of rotatable bonds is 7. The first-order valence-electron chi connectivity index (χ1n) is 10.5. The van der Waals surface area contributed by atoms with Gasteiger partial charge in [-0.1, -0.05) is 31.2 Å². The SMILES string of the molecule is CCC(CO)Nc1nc(N2CCN(c3ccccc3OC)CC2)nc2ccccc12. The molecule has 1 aliphatic rings. The Bertz CT molecular complexity index is 984. The van der Waals surface area contributed by atoms with Gasteiger partial charge < -0.3 is 25.0 Å². The maximum Gasteiger partial charge on any atom is 0.228 e. The number of fused-ring (bicyclic) bond motifs is 1. The van der Waals surface area contributed by atoms with Gasteiger partial charge in [0.25, 0.3) is 0 Å². The van der Waals surface area contributed by atoms with Crippen LogP contribution in [0.2, 0.25) is 0 Å². The predicted octanol–water partition coefficient (Wildman–Crippen LogP) is 3.15. The fraction of sp³-hybridized carbons (Fsp3) is 0.391. The van der Waals surface area contributed by atoms with E-state index in [0.29, 0.717) is 0 Å². The van der Waals surface area contributed by atoms with Gasteiger partial charge in [0, 0.05) is 31.6 Å². The van der Waals surface area contributed by atoms with Crippen molar-refractivity contribution in [1.82, 2.24) is 9.97 Å². The molecule has 0 saturated carbocycles. The van der Waals surface area contributed by atoms with Crippen LogP contribution in [0.5, 0.6) is 5.75 Å². The lowest BCUT2D eigenvalue weighted by atomic mass is 10.2. The molecule has 1 aliphatic heterocycles. The average Bonchev–Trinajstić information content (AvgIpc) is 2.82. The summed E-state index contributed by atoms with van der Waals surface area (Å²) in [5.41, 5.74) is 2.03. The van der Waals surface area contributed by atoms with Crippen molar-refractivity contribution in [2.24, 2.45) is 0 Å². The van der Waals surface area contributed by atoms with Crippen LogP contribution in [0.15, 0.2) is 48.5 Å². The second kappa shape index (κ2) is 9.17. The Hall–Kier alpha value is -3.06. The number of benzene rings is 2. The molecule has 0 bridgehead atoms. The Morgan fingerprint density at radius 2 is 1.70 bits per heavy atom. The highest BCUT2D eigenvalue weighted by Gasteiger charge is 2.22. The maximum absolute atomic E-state index is 9.63. The molecule has 158 valence electrons. The quantitative estimate of drug-likeness (QED) is 0.623. The molecule has 2 aromatic carbocycles. The van der Waals surface area contributed by atoms with Gasteiger partial charge in [0.05, 0.1) is 31.0 Å². The minimum absolute atomic E-state index is 0.0291. The van der Waals surface area contributed by atoms with Gasteiger partial charge >= 0.3 is 0 Å². The molecule has 3 aromatic rings. The van der Waals surface area contributed by atoms with E-state index >= 15 is 0 Å². The number of anilines is 3. The molecule has 2 N–H and O–H groups in total. The molecule has 4 rings (SSSR count). The van der Waals surface area contributed by atoms with Crippen molar-refractivity contribution >= 4 is 28.4 Å². The van der Waals surface area contributed by atoms with E-state index in [9.17, 15) is 5.11 Å². The van der Waals surface area contributed by atoms with Gasteiger partial charge in [-0.15, -0.1) is 0 Å². The standard InChI is InChI=1S/C23H29N5O2/c1-3-17(16-29)24-22-18-8-4-5-9-19(18)25-23(26-22)28-14-12-27(13-15-28)20-10-6-7-11-21(20)30-2/h4-11,17,29H,3,12-16H2,1-2H3,(H,24,25,26). The molecule has 7 nitrogen and oxygen atoms in total. The van der Waals surface area contributed by atoms with Crippen molar-refractivity contribution < 1.29 is 9.84 Å². The van der Waals surface area contributed by atoms with E-state index in [-0.39, 0.29) is 12.6 Å². The average molecular weight is 408 g/mol. The molecule has 0 aliphatic carbocycles. The first-order valence-corrected chi connectivity index (χ1v) is 10.5. The monoisotopic (exact) mass is 407 g/mol. The smallest absolute Gasteiger partial charge is 0.228 e. The summed E-state index contributed by atoms with van der Waals surface area (Å²) in [4.78, 5) is 14.2. The molecule has 30 heavy (non-hydrogen) atoms. The molecular weight excluding hydrogens is 378 g/mol. The van der Waals surface area contributed by atoms with E-state index in [1.807, 2.05) is 42.5 Å². The first kappa shape index (κ1) is 20.2. The molecule has 1 saturated heterocycles. The largest absolute Gasteiger partial charge is 0.495 e. The molecule has 1 atom stereocenters. The fourth-order valence-electron chi connectivity index (χ4n) is 3.82. The third kappa shape index (κ3) is 4.11. The molecule has 1 unspecified atom stereocenters. The number of aliphatic hydroxyl groups is 1. The zero-order valence-electron chi connectivity index (χ0n) is 17.6. The second-order valence-corrected chi connectivity index (χ2v) is 7.47. The number of hydrogen-bond donors (Lipinski definition) is 2. The van der Waals surface area contributed by atoms with E-state index < -0.39 is 0 Å². The highest BCUT2D eigenvalue weighted by atomic mass is 16.5. The summed E-state index contributed by atoms with van der Waals surface area (Å²) >= 11 is 0. The molecule has 0 amide bonds. The van der Waals surface area contributed by atoms with Crippen molar-refractivity contribution in [3.63, 3.8) is 0 Å². The fourth-order valence-corrected chi connectivity index (χ4v) is 3.82. The maximum atomic E-state index is 9.63. The van der Waals surface area contributed by atoms with Gasteiger partial charge in [0.1, 0.15) is 11.6 Å². The van der Waals surface area contributed by atoms with Gasteiger partial charge in [0.2, 0.25) is 5.95 Å². The minimum Gasteiger partial charge on any atom is -0.495 e. The minimum atomic E-state index is -0.0291. The molecule has 1 fully saturated rings. The topological polar surface area (TPSA) is 73.8 Å². The van der Waals surface area contributed by atoms with E-state index in [1.165, 1.54) is 0 Å². The van der Waals surface area contributed by atoms with Crippen molar-refractivity contribution in [2.45, 2.75) is 19.4 Å². The summed E-state index contributed by atoms with van der Waals surface area (Å²) in [7, 11) is 1.71. The van der Waals surface area contributed by atoms with E-state index in [0.717, 1.165) is 66.7 Å². The number of piperazine rings is 1. The third-order valence-corrected chi connectivity index (χ3v) is 5.63. The number of methoxy groups -OCH3 is 1. The van der Waals surface area contributed by atoms with E-state index in [4.69, 9.17) is 14.7 Å². The van der Waals surface area contributed by atoms with Crippen molar-refractivity contribution in [1.29, 1.82) is 0 Å². The third-order valence-electron chi connectivity index (χ3n) is 5.63. The van der Waals surface area contributed by atoms with Crippen molar-refractivity contribution in [3.05, 3.63) is 48.5 Å². The summed E-state index contributed by atoms with van der Waals surface area (Å²) in [6.45, 7) is 5.51. The first-order chi connectivity index (χ1) is 14.7. The van der Waals surface area contributed by atoms with Gasteiger partial charge in [-0.25, -0.2) is 4.98 Å². The number of para-hydroxylation sites is 3. The number of nitrogens with one attached hydrogen (secondary N) is 1. The lowest BCUT2D eigenvalue weighted by molar-refractivity contribution is 0.271. The normalized spacial score (nSPS) is 15.3. The van der Waals surface area contributed by atoms with Crippen LogP contribution in [0.1, 0.15) is 13.3 Å². The Morgan fingerprint density at radius 1 is 1.00 bits per heavy atom. The Morgan fingerprint density at radius 3 is 2.43 bits per heavy atom. The summed E-state index contributed by atoms with van der Waals surface area (Å²) in [6, 6.07) is 16.1. The molecule has 0 spiro atoms. The van der Waals surface area contributed by atoms with Crippen molar-refractivity contribution in [2.75, 3.05) is 55.0 Å². The molecule has 0 radical (unpaired) electrons.